The third kappa shape index (κ3) is 3.32. The summed E-state index contributed by atoms with van der Waals surface area (Å²) in [5.74, 6) is -1.08. The first-order valence-electron chi connectivity index (χ1n) is 4.27. The van der Waals surface area contributed by atoms with Gasteiger partial charge in [-0.3, -0.25) is 4.79 Å². The van der Waals surface area contributed by atoms with Crippen molar-refractivity contribution in [1.29, 1.82) is 0 Å². The Bertz CT molecular complexity index is 402. The number of carbonyl (C=O) groups excluding carboxylic acids is 1. The molecule has 0 amide bonds. The number of rotatable bonds is 4. The van der Waals surface area contributed by atoms with Crippen LogP contribution in [0.4, 0.5) is 8.78 Å². The summed E-state index contributed by atoms with van der Waals surface area (Å²) in [6.07, 6.45) is -0.528. The van der Waals surface area contributed by atoms with Crippen LogP contribution in [-0.4, -0.2) is 18.3 Å². The number of alkyl halides is 3. The molecule has 0 aliphatic heterocycles. The van der Waals surface area contributed by atoms with E-state index in [1.807, 2.05) is 0 Å². The van der Waals surface area contributed by atoms with Crippen molar-refractivity contribution in [3.8, 4) is 5.75 Å². The van der Waals surface area contributed by atoms with Crippen molar-refractivity contribution in [2.75, 3.05) is 7.11 Å². The van der Waals surface area contributed by atoms with Crippen molar-refractivity contribution in [2.45, 2.75) is 11.8 Å². The van der Waals surface area contributed by atoms with E-state index in [-0.39, 0.29) is 5.56 Å². The lowest BCUT2D eigenvalue weighted by Crippen LogP contribution is -2.23. The second-order valence-corrected chi connectivity index (χ2v) is 3.97. The Balaban J connectivity index is 2.96. The summed E-state index contributed by atoms with van der Waals surface area (Å²) in [6, 6.07) is 4.42. The molecule has 0 atom stereocenters. The molecule has 0 unspecified atom stereocenters. The first-order valence-corrected chi connectivity index (χ1v) is 5.02. The molecule has 0 spiro atoms. The van der Waals surface area contributed by atoms with Crippen LogP contribution in [0, 0.1) is 0 Å². The fraction of sp³-hybridized carbons (Fsp3) is 0.300. The lowest BCUT2D eigenvalue weighted by molar-refractivity contribution is -0.132. The molecule has 1 rings (SSSR count). The van der Waals surface area contributed by atoms with E-state index in [0.29, 0.717) is 10.8 Å². The Hall–Kier alpha value is -0.870. The first-order chi connectivity index (χ1) is 7.34. The van der Waals surface area contributed by atoms with Crippen molar-refractivity contribution < 1.29 is 18.3 Å². The zero-order valence-electron chi connectivity index (χ0n) is 8.27. The van der Waals surface area contributed by atoms with Crippen molar-refractivity contribution in [3.63, 3.8) is 0 Å². The largest absolute Gasteiger partial charge is 0.496 e. The van der Waals surface area contributed by atoms with Gasteiger partial charge >= 0.3 is 5.38 Å². The normalized spacial score (nSPS) is 11.3. The number of halogens is 4. The average Bonchev–Trinajstić information content (AvgIpc) is 2.16. The first kappa shape index (κ1) is 13.2. The van der Waals surface area contributed by atoms with Gasteiger partial charge in [0.1, 0.15) is 5.75 Å². The van der Waals surface area contributed by atoms with Crippen LogP contribution in [0.5, 0.6) is 5.75 Å². The van der Waals surface area contributed by atoms with E-state index in [0.717, 1.165) is 0 Å². The van der Waals surface area contributed by atoms with Gasteiger partial charge < -0.3 is 4.74 Å². The number of hydrogen-bond donors (Lipinski definition) is 0. The Morgan fingerprint density at radius 2 is 2.12 bits per heavy atom. The lowest BCUT2D eigenvalue weighted by atomic mass is 10.1. The van der Waals surface area contributed by atoms with Crippen LogP contribution in [0.3, 0.4) is 0 Å². The predicted octanol–water partition coefficient (Wildman–Crippen LogP) is 3.29. The summed E-state index contributed by atoms with van der Waals surface area (Å²) in [7, 11) is 1.37. The minimum absolute atomic E-state index is 0.278. The maximum atomic E-state index is 12.5. The smallest absolute Gasteiger partial charge is 0.380 e. The van der Waals surface area contributed by atoms with E-state index >= 15 is 0 Å². The van der Waals surface area contributed by atoms with Gasteiger partial charge in [0.25, 0.3) is 0 Å². The predicted molar refractivity (Wildman–Crippen MR) is 57.5 cm³/mol. The third-order valence-electron chi connectivity index (χ3n) is 1.91. The minimum Gasteiger partial charge on any atom is -0.496 e. The van der Waals surface area contributed by atoms with Gasteiger partial charge in [0.05, 0.1) is 7.11 Å². The minimum atomic E-state index is -3.87. The number of ether oxygens (including phenoxy) is 1. The highest BCUT2D eigenvalue weighted by molar-refractivity contribution is 6.33. The zero-order chi connectivity index (χ0) is 12.3. The molecule has 0 N–H and O–H groups in total. The number of carbonyl (C=O) groups is 1. The van der Waals surface area contributed by atoms with Crippen LogP contribution in [0.25, 0.3) is 0 Å². The Morgan fingerprint density at radius 3 is 2.62 bits per heavy atom. The van der Waals surface area contributed by atoms with E-state index in [9.17, 15) is 13.6 Å². The zero-order valence-corrected chi connectivity index (χ0v) is 9.78. The van der Waals surface area contributed by atoms with Gasteiger partial charge in [-0.1, -0.05) is 11.6 Å². The van der Waals surface area contributed by atoms with E-state index in [1.165, 1.54) is 25.3 Å². The van der Waals surface area contributed by atoms with Gasteiger partial charge in [-0.2, -0.15) is 8.78 Å². The van der Waals surface area contributed by atoms with Crippen LogP contribution >= 0.6 is 23.2 Å². The van der Waals surface area contributed by atoms with E-state index in [2.05, 4.69) is 11.6 Å². The van der Waals surface area contributed by atoms with Crippen molar-refractivity contribution in [1.82, 2.24) is 0 Å². The molecule has 0 aliphatic rings. The standard InChI is InChI=1S/C10H8Cl2F2O2/c1-16-8-3-2-7(11)4-6(8)5-9(15)10(12,13)14/h2-4H,5H2,1H3. The number of methoxy groups -OCH3 is 1. The van der Waals surface area contributed by atoms with Gasteiger partial charge in [-0.25, -0.2) is 0 Å². The molecule has 0 bridgehead atoms. The van der Waals surface area contributed by atoms with Crippen LogP contribution < -0.4 is 4.74 Å². The van der Waals surface area contributed by atoms with E-state index < -0.39 is 17.6 Å². The highest BCUT2D eigenvalue weighted by Gasteiger charge is 2.35. The second-order valence-electron chi connectivity index (χ2n) is 3.05. The molecule has 16 heavy (non-hydrogen) atoms. The summed E-state index contributed by atoms with van der Waals surface area (Å²) in [4.78, 5) is 11.0. The molecule has 88 valence electrons. The van der Waals surface area contributed by atoms with Gasteiger partial charge in [0.15, 0.2) is 0 Å². The molecular weight excluding hydrogens is 261 g/mol. The molecule has 0 aromatic heterocycles. The molecule has 0 aliphatic carbocycles. The van der Waals surface area contributed by atoms with Gasteiger partial charge in [0.2, 0.25) is 5.78 Å². The molecule has 0 radical (unpaired) electrons. The molecular formula is C10H8Cl2F2O2. The Kier molecular flexibility index (Phi) is 4.10. The summed E-state index contributed by atoms with van der Waals surface area (Å²) in [6.45, 7) is 0. The van der Waals surface area contributed by atoms with Gasteiger partial charge in [-0.05, 0) is 29.8 Å². The number of Topliss-reactive ketones (excluding diaryl/α,β-unsaturated/α-hetero) is 1. The topological polar surface area (TPSA) is 26.3 Å². The third-order valence-corrected chi connectivity index (χ3v) is 2.36. The average molecular weight is 269 g/mol. The van der Waals surface area contributed by atoms with E-state index in [1.54, 1.807) is 0 Å². The van der Waals surface area contributed by atoms with Crippen LogP contribution in [0.2, 0.25) is 5.02 Å². The van der Waals surface area contributed by atoms with Crippen molar-refractivity contribution in [2.24, 2.45) is 0 Å². The number of hydrogen-bond acceptors (Lipinski definition) is 2. The Labute approximate surface area is 101 Å². The maximum absolute atomic E-state index is 12.5. The number of benzene rings is 1. The SMILES string of the molecule is COc1ccc(Cl)cc1CC(=O)C(F)(F)Cl. The van der Waals surface area contributed by atoms with Gasteiger partial charge in [0, 0.05) is 17.0 Å². The Morgan fingerprint density at radius 1 is 1.50 bits per heavy atom. The fourth-order valence-electron chi connectivity index (χ4n) is 1.16. The van der Waals surface area contributed by atoms with Crippen molar-refractivity contribution >= 4 is 29.0 Å². The van der Waals surface area contributed by atoms with Crippen molar-refractivity contribution in [3.05, 3.63) is 28.8 Å². The number of ketones is 1. The molecule has 0 fully saturated rings. The summed E-state index contributed by atoms with van der Waals surface area (Å²) >= 11 is 10.3. The van der Waals surface area contributed by atoms with Crippen LogP contribution in [0.1, 0.15) is 5.56 Å². The highest BCUT2D eigenvalue weighted by atomic mass is 35.5. The molecule has 0 saturated carbocycles. The monoisotopic (exact) mass is 268 g/mol. The van der Waals surface area contributed by atoms with Gasteiger partial charge in [-0.15, -0.1) is 0 Å². The molecule has 1 aromatic rings. The summed E-state index contributed by atoms with van der Waals surface area (Å²) < 4.78 is 29.9. The molecule has 0 heterocycles. The second kappa shape index (κ2) is 4.97. The maximum Gasteiger partial charge on any atom is 0.380 e. The molecule has 6 heteroatoms. The molecule has 1 aromatic carbocycles. The van der Waals surface area contributed by atoms with Crippen LogP contribution in [0.15, 0.2) is 18.2 Å². The molecule has 2 nitrogen and oxygen atoms in total. The highest BCUT2D eigenvalue weighted by Crippen LogP contribution is 2.27. The molecule has 0 saturated heterocycles. The lowest BCUT2D eigenvalue weighted by Gasteiger charge is -2.10. The summed E-state index contributed by atoms with van der Waals surface area (Å²) in [5, 5.41) is -3.53. The quantitative estimate of drug-likeness (QED) is 0.784. The summed E-state index contributed by atoms with van der Waals surface area (Å²) in [5.41, 5.74) is 0.278. The van der Waals surface area contributed by atoms with E-state index in [4.69, 9.17) is 16.3 Å². The fourth-order valence-corrected chi connectivity index (χ4v) is 1.42. The van der Waals surface area contributed by atoms with Crippen LogP contribution in [-0.2, 0) is 11.2 Å².